The SMILES string of the molecule is N#Cc1ccc(Nc2ncncc2[N+](=O)[O-])cc1. The molecule has 1 aromatic carbocycles. The highest BCUT2D eigenvalue weighted by Crippen LogP contribution is 2.23. The first kappa shape index (κ1) is 11.5. The Morgan fingerprint density at radius 2 is 2.06 bits per heavy atom. The van der Waals surface area contributed by atoms with E-state index in [0.717, 1.165) is 6.20 Å². The lowest BCUT2D eigenvalue weighted by molar-refractivity contribution is -0.384. The highest BCUT2D eigenvalue weighted by molar-refractivity contribution is 5.64. The highest BCUT2D eigenvalue weighted by atomic mass is 16.6. The summed E-state index contributed by atoms with van der Waals surface area (Å²) in [5.74, 6) is 0.111. The van der Waals surface area contributed by atoms with E-state index in [-0.39, 0.29) is 11.5 Å². The third-order valence-corrected chi connectivity index (χ3v) is 2.17. The van der Waals surface area contributed by atoms with E-state index in [1.807, 2.05) is 6.07 Å². The molecule has 0 radical (unpaired) electrons. The fraction of sp³-hybridized carbons (Fsp3) is 0. The molecule has 0 fully saturated rings. The lowest BCUT2D eigenvalue weighted by Crippen LogP contribution is -2.00. The van der Waals surface area contributed by atoms with Gasteiger partial charge in [0.2, 0.25) is 5.82 Å². The molecule has 0 saturated carbocycles. The summed E-state index contributed by atoms with van der Waals surface area (Å²) in [5.41, 5.74) is 0.912. The first-order chi connectivity index (χ1) is 8.70. The number of hydrogen-bond acceptors (Lipinski definition) is 6. The number of nitro groups is 1. The van der Waals surface area contributed by atoms with Crippen molar-refractivity contribution in [3.8, 4) is 6.07 Å². The van der Waals surface area contributed by atoms with Crippen LogP contribution in [0.2, 0.25) is 0 Å². The lowest BCUT2D eigenvalue weighted by Gasteiger charge is -2.05. The molecule has 2 aromatic rings. The summed E-state index contributed by atoms with van der Waals surface area (Å²) < 4.78 is 0. The molecule has 18 heavy (non-hydrogen) atoms. The zero-order valence-corrected chi connectivity index (χ0v) is 9.07. The number of nitrogens with zero attached hydrogens (tertiary/aromatic N) is 4. The van der Waals surface area contributed by atoms with Gasteiger partial charge >= 0.3 is 5.69 Å². The number of hydrogen-bond donors (Lipinski definition) is 1. The lowest BCUT2D eigenvalue weighted by atomic mass is 10.2. The maximum absolute atomic E-state index is 10.8. The Labute approximate surface area is 102 Å². The van der Waals surface area contributed by atoms with Crippen LogP contribution in [0.3, 0.4) is 0 Å². The second kappa shape index (κ2) is 4.88. The zero-order valence-electron chi connectivity index (χ0n) is 9.07. The van der Waals surface area contributed by atoms with Gasteiger partial charge in [-0.3, -0.25) is 10.1 Å². The second-order valence-electron chi connectivity index (χ2n) is 3.33. The molecule has 1 heterocycles. The minimum Gasteiger partial charge on any atom is -0.334 e. The third kappa shape index (κ3) is 2.38. The van der Waals surface area contributed by atoms with Gasteiger partial charge in [0.05, 0.1) is 16.6 Å². The Morgan fingerprint density at radius 1 is 1.33 bits per heavy atom. The van der Waals surface area contributed by atoms with Gasteiger partial charge in [-0.2, -0.15) is 5.26 Å². The number of anilines is 2. The van der Waals surface area contributed by atoms with E-state index in [2.05, 4.69) is 15.3 Å². The molecule has 7 nitrogen and oxygen atoms in total. The monoisotopic (exact) mass is 241 g/mol. The van der Waals surface area contributed by atoms with Crippen LogP contribution in [-0.4, -0.2) is 14.9 Å². The summed E-state index contributed by atoms with van der Waals surface area (Å²) in [6.07, 6.45) is 2.35. The van der Waals surface area contributed by atoms with Gasteiger partial charge in [-0.1, -0.05) is 0 Å². The van der Waals surface area contributed by atoms with E-state index in [0.29, 0.717) is 11.3 Å². The summed E-state index contributed by atoms with van der Waals surface area (Å²) in [4.78, 5) is 17.6. The van der Waals surface area contributed by atoms with E-state index < -0.39 is 4.92 Å². The average molecular weight is 241 g/mol. The number of nitriles is 1. The van der Waals surface area contributed by atoms with Gasteiger partial charge in [0.15, 0.2) is 0 Å². The number of rotatable bonds is 3. The van der Waals surface area contributed by atoms with Crippen molar-refractivity contribution >= 4 is 17.2 Å². The smallest absolute Gasteiger partial charge is 0.329 e. The number of nitrogens with one attached hydrogen (secondary N) is 1. The number of benzene rings is 1. The Kier molecular flexibility index (Phi) is 3.11. The topological polar surface area (TPSA) is 105 Å². The second-order valence-corrected chi connectivity index (χ2v) is 3.33. The standard InChI is InChI=1S/C11H7N5O2/c12-5-8-1-3-9(4-2-8)15-11-10(16(17)18)6-13-7-14-11/h1-4,6-7H,(H,13,14,15). The molecule has 1 aromatic heterocycles. The molecular weight excluding hydrogens is 234 g/mol. The van der Waals surface area contributed by atoms with E-state index >= 15 is 0 Å². The molecule has 88 valence electrons. The van der Waals surface area contributed by atoms with Crippen LogP contribution in [0, 0.1) is 21.4 Å². The van der Waals surface area contributed by atoms with Gasteiger partial charge in [-0.25, -0.2) is 9.97 Å². The van der Waals surface area contributed by atoms with Crippen molar-refractivity contribution in [3.63, 3.8) is 0 Å². The normalized spacial score (nSPS) is 9.50. The molecule has 1 N–H and O–H groups in total. The zero-order chi connectivity index (χ0) is 13.0. The van der Waals surface area contributed by atoms with Crippen molar-refractivity contribution in [1.82, 2.24) is 9.97 Å². The molecule has 2 rings (SSSR count). The van der Waals surface area contributed by atoms with Crippen LogP contribution in [0.25, 0.3) is 0 Å². The van der Waals surface area contributed by atoms with Crippen LogP contribution >= 0.6 is 0 Å². The van der Waals surface area contributed by atoms with Gasteiger partial charge in [-0.05, 0) is 24.3 Å². The van der Waals surface area contributed by atoms with Crippen molar-refractivity contribution < 1.29 is 4.92 Å². The van der Waals surface area contributed by atoms with Gasteiger partial charge in [0.1, 0.15) is 12.5 Å². The number of aromatic nitrogens is 2. The van der Waals surface area contributed by atoms with Crippen LogP contribution in [0.5, 0.6) is 0 Å². The quantitative estimate of drug-likeness (QED) is 0.650. The van der Waals surface area contributed by atoms with Crippen LogP contribution in [0.4, 0.5) is 17.2 Å². The average Bonchev–Trinajstić information content (AvgIpc) is 2.40. The van der Waals surface area contributed by atoms with E-state index in [9.17, 15) is 10.1 Å². The van der Waals surface area contributed by atoms with Crippen molar-refractivity contribution in [3.05, 3.63) is 52.5 Å². The molecule has 0 aliphatic heterocycles. The molecule has 0 unspecified atom stereocenters. The summed E-state index contributed by atoms with van der Waals surface area (Å²) in [6.45, 7) is 0. The van der Waals surface area contributed by atoms with Gasteiger partial charge < -0.3 is 5.32 Å². The van der Waals surface area contributed by atoms with E-state index in [1.54, 1.807) is 24.3 Å². The van der Waals surface area contributed by atoms with Gasteiger partial charge in [0, 0.05) is 5.69 Å². The molecular formula is C11H7N5O2. The molecule has 0 aliphatic rings. The first-order valence-corrected chi connectivity index (χ1v) is 4.92. The summed E-state index contributed by atoms with van der Waals surface area (Å²) in [6, 6.07) is 8.49. The Morgan fingerprint density at radius 3 is 2.67 bits per heavy atom. The summed E-state index contributed by atoms with van der Waals surface area (Å²) >= 11 is 0. The van der Waals surface area contributed by atoms with Gasteiger partial charge in [0.25, 0.3) is 0 Å². The molecule has 7 heteroatoms. The largest absolute Gasteiger partial charge is 0.334 e. The van der Waals surface area contributed by atoms with Gasteiger partial charge in [-0.15, -0.1) is 0 Å². The molecule has 0 spiro atoms. The fourth-order valence-electron chi connectivity index (χ4n) is 1.32. The highest BCUT2D eigenvalue weighted by Gasteiger charge is 2.14. The van der Waals surface area contributed by atoms with Crippen molar-refractivity contribution in [1.29, 1.82) is 5.26 Å². The third-order valence-electron chi connectivity index (χ3n) is 2.17. The van der Waals surface area contributed by atoms with Crippen LogP contribution in [-0.2, 0) is 0 Å². The predicted octanol–water partition coefficient (Wildman–Crippen LogP) is 2.00. The summed E-state index contributed by atoms with van der Waals surface area (Å²) in [5, 5.41) is 22.2. The minimum atomic E-state index is -0.564. The van der Waals surface area contributed by atoms with Crippen molar-refractivity contribution in [2.75, 3.05) is 5.32 Å². The Hall–Kier alpha value is -3.01. The van der Waals surface area contributed by atoms with Crippen LogP contribution in [0.15, 0.2) is 36.8 Å². The molecule has 0 aliphatic carbocycles. The Bertz CT molecular complexity index is 618. The van der Waals surface area contributed by atoms with E-state index in [4.69, 9.17) is 5.26 Å². The molecule has 0 amide bonds. The predicted molar refractivity (Wildman–Crippen MR) is 63.1 cm³/mol. The fourth-order valence-corrected chi connectivity index (χ4v) is 1.32. The van der Waals surface area contributed by atoms with Crippen LogP contribution < -0.4 is 5.32 Å². The summed E-state index contributed by atoms with van der Waals surface area (Å²) in [7, 11) is 0. The minimum absolute atomic E-state index is 0.111. The van der Waals surface area contributed by atoms with Crippen LogP contribution in [0.1, 0.15) is 5.56 Å². The van der Waals surface area contributed by atoms with Crippen molar-refractivity contribution in [2.45, 2.75) is 0 Å². The van der Waals surface area contributed by atoms with Crippen molar-refractivity contribution in [2.24, 2.45) is 0 Å². The molecule has 0 saturated heterocycles. The maximum atomic E-state index is 10.8. The molecule has 0 atom stereocenters. The maximum Gasteiger partial charge on any atom is 0.329 e. The Balaban J connectivity index is 2.28. The first-order valence-electron chi connectivity index (χ1n) is 4.92. The van der Waals surface area contributed by atoms with E-state index in [1.165, 1.54) is 6.33 Å². The molecule has 0 bridgehead atoms.